The number of carboxylic acid groups (broad SMARTS) is 1. The van der Waals surface area contributed by atoms with Crippen molar-refractivity contribution < 1.29 is 19.4 Å². The summed E-state index contributed by atoms with van der Waals surface area (Å²) in [5.74, 6) is -1.18. The van der Waals surface area contributed by atoms with Gasteiger partial charge in [-0.25, -0.2) is 4.79 Å². The van der Waals surface area contributed by atoms with Crippen LogP contribution in [0.1, 0.15) is 24.3 Å². The number of hydrogen-bond donors (Lipinski definition) is 2. The second-order valence-electron chi connectivity index (χ2n) is 5.25. The fraction of sp³-hybridized carbons (Fsp3) is 0.500. The Morgan fingerprint density at radius 2 is 2.24 bits per heavy atom. The number of nitrogens with zero attached hydrogens (tertiary/aromatic N) is 2. The Balaban J connectivity index is 1.97. The Morgan fingerprint density at radius 1 is 1.52 bits per heavy atom. The summed E-state index contributed by atoms with van der Waals surface area (Å²) >= 11 is 0. The summed E-state index contributed by atoms with van der Waals surface area (Å²) in [6, 6.07) is 3.54. The summed E-state index contributed by atoms with van der Waals surface area (Å²) in [4.78, 5) is 28.3. The lowest BCUT2D eigenvalue weighted by Gasteiger charge is -2.48. The molecule has 1 fully saturated rings. The fourth-order valence-electron chi connectivity index (χ4n) is 2.26. The number of ether oxygens (including phenoxy) is 1. The normalized spacial score (nSPS) is 16.2. The molecule has 0 radical (unpaired) electrons. The van der Waals surface area contributed by atoms with Crippen LogP contribution in [0.2, 0.25) is 0 Å². The van der Waals surface area contributed by atoms with Crippen molar-refractivity contribution in [3.8, 4) is 0 Å². The van der Waals surface area contributed by atoms with Crippen molar-refractivity contribution in [2.24, 2.45) is 0 Å². The van der Waals surface area contributed by atoms with Gasteiger partial charge in [0.1, 0.15) is 17.9 Å². The number of carbonyl (C=O) groups excluding carboxylic acids is 1. The molecular weight excluding hydrogens is 274 g/mol. The molecule has 7 nitrogen and oxygen atoms in total. The van der Waals surface area contributed by atoms with Crippen LogP contribution in [0.4, 0.5) is 5.69 Å². The monoisotopic (exact) mass is 293 g/mol. The van der Waals surface area contributed by atoms with Crippen LogP contribution in [-0.4, -0.2) is 53.8 Å². The number of carboxylic acids is 1. The highest BCUT2D eigenvalue weighted by Crippen LogP contribution is 2.30. The highest BCUT2D eigenvalue weighted by molar-refractivity contribution is 5.93. The maximum Gasteiger partial charge on any atom is 0.329 e. The molecule has 0 aliphatic carbocycles. The second-order valence-corrected chi connectivity index (χ2v) is 5.25. The van der Waals surface area contributed by atoms with E-state index in [1.165, 1.54) is 0 Å². The molecule has 114 valence electrons. The van der Waals surface area contributed by atoms with E-state index in [-0.39, 0.29) is 12.5 Å². The first-order chi connectivity index (χ1) is 9.93. The SMILES string of the molecule is CCNC(=O)c1cc(N2CC(C)(OCC(=O)O)C2)ccn1. The van der Waals surface area contributed by atoms with Crippen LogP contribution in [0.25, 0.3) is 0 Å². The molecule has 0 spiro atoms. The van der Waals surface area contributed by atoms with E-state index in [9.17, 15) is 9.59 Å². The quantitative estimate of drug-likeness (QED) is 0.794. The number of aromatic nitrogens is 1. The van der Waals surface area contributed by atoms with Gasteiger partial charge in [-0.2, -0.15) is 0 Å². The lowest BCUT2D eigenvalue weighted by atomic mass is 9.95. The predicted octanol–water partition coefficient (Wildman–Crippen LogP) is 0.511. The highest BCUT2D eigenvalue weighted by Gasteiger charge is 2.40. The third-order valence-corrected chi connectivity index (χ3v) is 3.27. The lowest BCUT2D eigenvalue weighted by molar-refractivity contribution is -0.150. The molecule has 2 rings (SSSR count). The number of hydrogen-bond acceptors (Lipinski definition) is 5. The second kappa shape index (κ2) is 6.09. The molecule has 1 aliphatic heterocycles. The maximum absolute atomic E-state index is 11.7. The van der Waals surface area contributed by atoms with E-state index in [1.807, 2.05) is 24.8 Å². The van der Waals surface area contributed by atoms with Crippen molar-refractivity contribution in [3.63, 3.8) is 0 Å². The van der Waals surface area contributed by atoms with Crippen LogP contribution in [0.15, 0.2) is 18.3 Å². The molecule has 1 saturated heterocycles. The molecule has 0 aromatic carbocycles. The number of aliphatic carboxylic acids is 1. The van der Waals surface area contributed by atoms with Gasteiger partial charge in [0.05, 0.1) is 0 Å². The average Bonchev–Trinajstić information content (AvgIpc) is 2.42. The van der Waals surface area contributed by atoms with Gasteiger partial charge in [-0.05, 0) is 26.0 Å². The highest BCUT2D eigenvalue weighted by atomic mass is 16.5. The third kappa shape index (κ3) is 3.69. The first kappa shape index (κ1) is 15.2. The molecule has 1 amide bonds. The van der Waals surface area contributed by atoms with Crippen molar-refractivity contribution >= 4 is 17.6 Å². The van der Waals surface area contributed by atoms with Crippen molar-refractivity contribution in [1.82, 2.24) is 10.3 Å². The van der Waals surface area contributed by atoms with Gasteiger partial charge in [-0.1, -0.05) is 0 Å². The number of anilines is 1. The van der Waals surface area contributed by atoms with Gasteiger partial charge in [-0.3, -0.25) is 9.78 Å². The molecule has 2 heterocycles. The van der Waals surface area contributed by atoms with Gasteiger partial charge < -0.3 is 20.1 Å². The zero-order valence-corrected chi connectivity index (χ0v) is 12.1. The summed E-state index contributed by atoms with van der Waals surface area (Å²) in [6.45, 7) is 5.14. The van der Waals surface area contributed by atoms with E-state index in [1.54, 1.807) is 12.3 Å². The van der Waals surface area contributed by atoms with E-state index >= 15 is 0 Å². The molecule has 0 unspecified atom stereocenters. The molecule has 0 atom stereocenters. The number of amides is 1. The molecule has 0 saturated carbocycles. The van der Waals surface area contributed by atoms with Gasteiger partial charge in [0.15, 0.2) is 0 Å². The number of rotatable bonds is 6. The van der Waals surface area contributed by atoms with Gasteiger partial charge in [-0.15, -0.1) is 0 Å². The summed E-state index contributed by atoms with van der Waals surface area (Å²) in [5.41, 5.74) is 0.782. The average molecular weight is 293 g/mol. The smallest absolute Gasteiger partial charge is 0.329 e. The van der Waals surface area contributed by atoms with Crippen LogP contribution in [0.5, 0.6) is 0 Å². The van der Waals surface area contributed by atoms with Crippen molar-refractivity contribution in [2.75, 3.05) is 31.1 Å². The molecule has 1 aliphatic rings. The van der Waals surface area contributed by atoms with Crippen LogP contribution in [0, 0.1) is 0 Å². The molecular formula is C14H19N3O4. The van der Waals surface area contributed by atoms with Crippen LogP contribution in [-0.2, 0) is 9.53 Å². The minimum absolute atomic E-state index is 0.204. The topological polar surface area (TPSA) is 91.8 Å². The number of nitrogens with one attached hydrogen (secondary N) is 1. The van der Waals surface area contributed by atoms with Gasteiger partial charge in [0.25, 0.3) is 5.91 Å². The molecule has 0 bridgehead atoms. The minimum atomic E-state index is -0.975. The van der Waals surface area contributed by atoms with Gasteiger partial charge in [0.2, 0.25) is 0 Å². The molecule has 1 aromatic heterocycles. The van der Waals surface area contributed by atoms with Gasteiger partial charge in [0, 0.05) is 31.5 Å². The molecule has 1 aromatic rings. The number of pyridine rings is 1. The first-order valence-electron chi connectivity index (χ1n) is 6.78. The molecule has 21 heavy (non-hydrogen) atoms. The Kier molecular flexibility index (Phi) is 4.42. The third-order valence-electron chi connectivity index (χ3n) is 3.27. The van der Waals surface area contributed by atoms with Crippen molar-refractivity contribution in [2.45, 2.75) is 19.4 Å². The molecule has 7 heteroatoms. The largest absolute Gasteiger partial charge is 0.480 e. The summed E-state index contributed by atoms with van der Waals surface area (Å²) in [7, 11) is 0. The van der Waals surface area contributed by atoms with E-state index in [4.69, 9.17) is 9.84 Å². The lowest BCUT2D eigenvalue weighted by Crippen LogP contribution is -2.62. The maximum atomic E-state index is 11.7. The Bertz CT molecular complexity index is 541. The van der Waals surface area contributed by atoms with Crippen LogP contribution in [0.3, 0.4) is 0 Å². The molecule has 2 N–H and O–H groups in total. The Labute approximate surface area is 122 Å². The summed E-state index contributed by atoms with van der Waals surface area (Å²) in [5, 5.41) is 11.3. The Hall–Kier alpha value is -2.15. The van der Waals surface area contributed by atoms with Crippen LogP contribution >= 0.6 is 0 Å². The standard InChI is InChI=1S/C14H19N3O4/c1-3-15-13(20)11-6-10(4-5-16-11)17-8-14(2,9-17)21-7-12(18)19/h4-6H,3,7-9H2,1-2H3,(H,15,20)(H,18,19). The van der Waals surface area contributed by atoms with Crippen molar-refractivity contribution in [3.05, 3.63) is 24.0 Å². The Morgan fingerprint density at radius 3 is 2.86 bits per heavy atom. The summed E-state index contributed by atoms with van der Waals surface area (Å²) in [6.07, 6.45) is 1.59. The number of carbonyl (C=O) groups is 2. The van der Waals surface area contributed by atoms with Crippen molar-refractivity contribution in [1.29, 1.82) is 0 Å². The van der Waals surface area contributed by atoms with Crippen LogP contribution < -0.4 is 10.2 Å². The zero-order chi connectivity index (χ0) is 15.5. The minimum Gasteiger partial charge on any atom is -0.480 e. The predicted molar refractivity (Wildman–Crippen MR) is 76.5 cm³/mol. The van der Waals surface area contributed by atoms with E-state index in [2.05, 4.69) is 10.3 Å². The first-order valence-corrected chi connectivity index (χ1v) is 6.78. The van der Waals surface area contributed by atoms with E-state index in [0.29, 0.717) is 25.3 Å². The fourth-order valence-corrected chi connectivity index (χ4v) is 2.26. The zero-order valence-electron chi connectivity index (χ0n) is 12.1. The summed E-state index contributed by atoms with van der Waals surface area (Å²) < 4.78 is 5.36. The van der Waals surface area contributed by atoms with E-state index in [0.717, 1.165) is 5.69 Å². The van der Waals surface area contributed by atoms with E-state index < -0.39 is 11.6 Å². The van der Waals surface area contributed by atoms with Gasteiger partial charge >= 0.3 is 5.97 Å².